The van der Waals surface area contributed by atoms with Crippen LogP contribution in [0.4, 0.5) is 0 Å². The predicted octanol–water partition coefficient (Wildman–Crippen LogP) is 2.12. The Morgan fingerprint density at radius 1 is 1.25 bits per heavy atom. The molecule has 0 bridgehead atoms. The monoisotopic (exact) mass is 271 g/mol. The number of aryl methyl sites for hydroxylation is 1. The van der Waals surface area contributed by atoms with Gasteiger partial charge in [0.1, 0.15) is 0 Å². The van der Waals surface area contributed by atoms with Crippen molar-refractivity contribution in [3.8, 4) is 0 Å². The number of aromatic carboxylic acids is 1. The van der Waals surface area contributed by atoms with Gasteiger partial charge in [0, 0.05) is 25.0 Å². The smallest absolute Gasteiger partial charge is 0.354 e. The van der Waals surface area contributed by atoms with Gasteiger partial charge < -0.3 is 5.11 Å². The molecule has 0 saturated carbocycles. The first kappa shape index (κ1) is 14.1. The van der Waals surface area contributed by atoms with Crippen LogP contribution in [0.15, 0.2) is 36.5 Å². The Bertz CT molecular complexity index is 614. The van der Waals surface area contributed by atoms with Gasteiger partial charge in [-0.1, -0.05) is 12.1 Å². The Balaban J connectivity index is 2.08. The normalized spacial score (nSPS) is 10.8. The van der Waals surface area contributed by atoms with Crippen LogP contribution in [0.3, 0.4) is 0 Å². The van der Waals surface area contributed by atoms with Crippen molar-refractivity contribution in [2.75, 3.05) is 7.05 Å². The van der Waals surface area contributed by atoms with Crippen molar-refractivity contribution in [1.82, 2.24) is 14.9 Å². The molecule has 0 saturated heterocycles. The minimum atomic E-state index is -0.998. The highest BCUT2D eigenvalue weighted by atomic mass is 16.4. The minimum absolute atomic E-state index is 0.108. The van der Waals surface area contributed by atoms with E-state index in [-0.39, 0.29) is 5.69 Å². The van der Waals surface area contributed by atoms with Crippen LogP contribution in [0.25, 0.3) is 0 Å². The quantitative estimate of drug-likeness (QED) is 0.902. The lowest BCUT2D eigenvalue weighted by atomic mass is 10.2. The van der Waals surface area contributed by atoms with E-state index in [0.29, 0.717) is 18.7 Å². The molecule has 2 aromatic rings. The van der Waals surface area contributed by atoms with Crippen molar-refractivity contribution in [2.24, 2.45) is 0 Å². The number of hydrogen-bond acceptors (Lipinski definition) is 4. The van der Waals surface area contributed by atoms with Crippen molar-refractivity contribution in [2.45, 2.75) is 20.0 Å². The lowest BCUT2D eigenvalue weighted by molar-refractivity contribution is 0.0688. The fraction of sp³-hybridized carbons (Fsp3) is 0.267. The summed E-state index contributed by atoms with van der Waals surface area (Å²) in [5, 5.41) is 9.11. The second kappa shape index (κ2) is 6.25. The summed E-state index contributed by atoms with van der Waals surface area (Å²) in [7, 11) is 1.93. The summed E-state index contributed by atoms with van der Waals surface area (Å²) < 4.78 is 0. The Hall–Kier alpha value is -2.27. The molecule has 0 spiro atoms. The van der Waals surface area contributed by atoms with Crippen LogP contribution in [0, 0.1) is 6.92 Å². The molecule has 0 atom stereocenters. The first-order valence-corrected chi connectivity index (χ1v) is 6.34. The summed E-state index contributed by atoms with van der Waals surface area (Å²) in [5.74, 6) is -0.998. The molecule has 2 rings (SSSR count). The van der Waals surface area contributed by atoms with Crippen molar-refractivity contribution < 1.29 is 9.90 Å². The van der Waals surface area contributed by atoms with Gasteiger partial charge in [-0.2, -0.15) is 0 Å². The number of hydrogen-bond donors (Lipinski definition) is 1. The van der Waals surface area contributed by atoms with Crippen molar-refractivity contribution in [1.29, 1.82) is 0 Å². The zero-order valence-corrected chi connectivity index (χ0v) is 11.6. The lowest BCUT2D eigenvalue weighted by Gasteiger charge is -2.17. The van der Waals surface area contributed by atoms with Crippen LogP contribution >= 0.6 is 0 Å². The number of carboxylic acid groups (broad SMARTS) is 1. The molecule has 104 valence electrons. The largest absolute Gasteiger partial charge is 0.477 e. The van der Waals surface area contributed by atoms with Crippen LogP contribution in [-0.4, -0.2) is 33.0 Å². The van der Waals surface area contributed by atoms with E-state index in [4.69, 9.17) is 5.11 Å². The summed E-state index contributed by atoms with van der Waals surface area (Å²) in [6.45, 7) is 3.13. The molecule has 0 aliphatic rings. The molecular formula is C15H17N3O2. The van der Waals surface area contributed by atoms with Gasteiger partial charge in [0.25, 0.3) is 0 Å². The van der Waals surface area contributed by atoms with Crippen LogP contribution < -0.4 is 0 Å². The molecule has 5 heteroatoms. The Labute approximate surface area is 117 Å². The van der Waals surface area contributed by atoms with Crippen molar-refractivity contribution >= 4 is 5.97 Å². The van der Waals surface area contributed by atoms with E-state index < -0.39 is 5.97 Å². The minimum Gasteiger partial charge on any atom is -0.477 e. The predicted molar refractivity (Wildman–Crippen MR) is 75.3 cm³/mol. The highest BCUT2D eigenvalue weighted by molar-refractivity contribution is 5.86. The second-order valence-electron chi connectivity index (χ2n) is 4.76. The summed E-state index contributed by atoms with van der Waals surface area (Å²) in [4.78, 5) is 21.5. The summed E-state index contributed by atoms with van der Waals surface area (Å²) in [5.41, 5.74) is 2.75. The number of carbonyl (C=O) groups is 1. The first-order valence-electron chi connectivity index (χ1n) is 6.34. The van der Waals surface area contributed by atoms with Gasteiger partial charge >= 0.3 is 5.97 Å². The average Bonchev–Trinajstić information content (AvgIpc) is 2.38. The Morgan fingerprint density at radius 2 is 2.05 bits per heavy atom. The molecule has 1 N–H and O–H groups in total. The third-order valence-corrected chi connectivity index (χ3v) is 2.91. The van der Waals surface area contributed by atoms with Gasteiger partial charge in [0.2, 0.25) is 0 Å². The molecule has 5 nitrogen and oxygen atoms in total. The van der Waals surface area contributed by atoms with E-state index in [0.717, 1.165) is 11.4 Å². The fourth-order valence-corrected chi connectivity index (χ4v) is 2.07. The molecule has 0 fully saturated rings. The maximum Gasteiger partial charge on any atom is 0.354 e. The van der Waals surface area contributed by atoms with E-state index in [9.17, 15) is 4.79 Å². The Morgan fingerprint density at radius 3 is 2.75 bits per heavy atom. The molecule has 0 aromatic carbocycles. The second-order valence-corrected chi connectivity index (χ2v) is 4.76. The van der Waals surface area contributed by atoms with Gasteiger partial charge in [-0.15, -0.1) is 0 Å². The highest BCUT2D eigenvalue weighted by Gasteiger charge is 2.12. The molecule has 0 aliphatic heterocycles. The molecule has 0 aliphatic carbocycles. The van der Waals surface area contributed by atoms with Gasteiger partial charge in [-0.05, 0) is 37.7 Å². The zero-order valence-electron chi connectivity index (χ0n) is 11.6. The SMILES string of the molecule is Cc1cccc(CN(C)Cc2cccnc2C(=O)O)n1. The highest BCUT2D eigenvalue weighted by Crippen LogP contribution is 2.10. The maximum atomic E-state index is 11.1. The van der Waals surface area contributed by atoms with Gasteiger partial charge in [-0.25, -0.2) is 9.78 Å². The van der Waals surface area contributed by atoms with E-state index in [2.05, 4.69) is 9.97 Å². The number of nitrogens with zero attached hydrogens (tertiary/aromatic N) is 3. The first-order chi connectivity index (χ1) is 9.56. The third kappa shape index (κ3) is 3.61. The van der Waals surface area contributed by atoms with E-state index in [1.165, 1.54) is 6.20 Å². The number of aromatic nitrogens is 2. The summed E-state index contributed by atoms with van der Waals surface area (Å²) in [6.07, 6.45) is 1.50. The topological polar surface area (TPSA) is 66.3 Å². The van der Waals surface area contributed by atoms with Crippen LogP contribution in [0.2, 0.25) is 0 Å². The standard InChI is InChI=1S/C15H17N3O2/c1-11-5-3-7-13(17-11)10-18(2)9-12-6-4-8-16-14(12)15(19)20/h3-8H,9-10H2,1-2H3,(H,19,20). The van der Waals surface area contributed by atoms with Crippen LogP contribution in [0.1, 0.15) is 27.4 Å². The molecule has 20 heavy (non-hydrogen) atoms. The number of pyridine rings is 2. The maximum absolute atomic E-state index is 11.1. The molecule has 0 radical (unpaired) electrons. The van der Waals surface area contributed by atoms with Gasteiger partial charge in [0.05, 0.1) is 5.69 Å². The third-order valence-electron chi connectivity index (χ3n) is 2.91. The number of rotatable bonds is 5. The molecular weight excluding hydrogens is 254 g/mol. The van der Waals surface area contributed by atoms with E-state index in [1.807, 2.05) is 37.1 Å². The summed E-state index contributed by atoms with van der Waals surface area (Å²) in [6, 6.07) is 9.42. The van der Waals surface area contributed by atoms with Crippen molar-refractivity contribution in [3.05, 3.63) is 59.2 Å². The van der Waals surface area contributed by atoms with Gasteiger partial charge in [-0.3, -0.25) is 9.88 Å². The average molecular weight is 271 g/mol. The van der Waals surface area contributed by atoms with Gasteiger partial charge in [0.15, 0.2) is 5.69 Å². The molecule has 0 unspecified atom stereocenters. The van der Waals surface area contributed by atoms with Crippen LogP contribution in [0.5, 0.6) is 0 Å². The van der Waals surface area contributed by atoms with E-state index >= 15 is 0 Å². The molecule has 2 aromatic heterocycles. The molecule has 0 amide bonds. The van der Waals surface area contributed by atoms with Crippen molar-refractivity contribution in [3.63, 3.8) is 0 Å². The Kier molecular flexibility index (Phi) is 4.42. The number of carboxylic acids is 1. The van der Waals surface area contributed by atoms with Crippen LogP contribution in [-0.2, 0) is 13.1 Å². The van der Waals surface area contributed by atoms with E-state index in [1.54, 1.807) is 12.1 Å². The molecule has 2 heterocycles. The lowest BCUT2D eigenvalue weighted by Crippen LogP contribution is -2.20. The summed E-state index contributed by atoms with van der Waals surface area (Å²) >= 11 is 0. The fourth-order valence-electron chi connectivity index (χ4n) is 2.07. The zero-order chi connectivity index (χ0) is 14.5.